The highest BCUT2D eigenvalue weighted by molar-refractivity contribution is 8.01. The van der Waals surface area contributed by atoms with E-state index in [1.165, 1.54) is 23.1 Å². The first kappa shape index (κ1) is 9.57. The highest BCUT2D eigenvalue weighted by atomic mass is 32.2. The lowest BCUT2D eigenvalue weighted by molar-refractivity contribution is 0.278. The third-order valence-electron chi connectivity index (χ3n) is 1.54. The zero-order valence-corrected chi connectivity index (χ0v) is 8.75. The number of aliphatic hydroxyl groups is 1. The number of nitrogens with zero attached hydrogens (tertiary/aromatic N) is 3. The molecule has 2 rings (SSSR count). The largest absolute Gasteiger partial charge is 0.392 e. The van der Waals surface area contributed by atoms with Gasteiger partial charge < -0.3 is 5.11 Å². The minimum atomic E-state index is -0.00498. The van der Waals surface area contributed by atoms with Crippen LogP contribution in [0.4, 0.5) is 0 Å². The van der Waals surface area contributed by atoms with Crippen LogP contribution in [-0.2, 0) is 6.61 Å². The maximum Gasteiger partial charge on any atom is 0.180 e. The molecule has 1 N–H and O–H groups in total. The van der Waals surface area contributed by atoms with Gasteiger partial charge in [0.2, 0.25) is 0 Å². The van der Waals surface area contributed by atoms with Crippen molar-refractivity contribution < 1.29 is 5.11 Å². The van der Waals surface area contributed by atoms with Gasteiger partial charge in [0.15, 0.2) is 4.34 Å². The van der Waals surface area contributed by atoms with Crippen molar-refractivity contribution in [3.8, 4) is 0 Å². The van der Waals surface area contributed by atoms with Crippen LogP contribution in [0.2, 0.25) is 0 Å². The van der Waals surface area contributed by atoms with Gasteiger partial charge in [-0.25, -0.2) is 4.98 Å². The summed E-state index contributed by atoms with van der Waals surface area (Å²) in [7, 11) is 0. The van der Waals surface area contributed by atoms with E-state index in [1.54, 1.807) is 17.8 Å². The van der Waals surface area contributed by atoms with Crippen LogP contribution in [0.15, 0.2) is 33.2 Å². The molecule has 0 aromatic carbocycles. The Balaban J connectivity index is 2.24. The Hall–Kier alpha value is -0.980. The molecule has 4 nitrogen and oxygen atoms in total. The van der Waals surface area contributed by atoms with Crippen LogP contribution in [0.25, 0.3) is 0 Å². The lowest BCUT2D eigenvalue weighted by Gasteiger charge is -2.01. The minimum Gasteiger partial charge on any atom is -0.392 e. The molecule has 0 atom stereocenters. The van der Waals surface area contributed by atoms with E-state index in [9.17, 15) is 0 Å². The molecule has 72 valence electrons. The molecule has 0 saturated carbocycles. The van der Waals surface area contributed by atoms with Gasteiger partial charge in [-0.1, -0.05) is 17.4 Å². The SMILES string of the molecule is OCc1cccnc1Sc1nncs1. The van der Waals surface area contributed by atoms with Crippen LogP contribution in [0.5, 0.6) is 0 Å². The van der Waals surface area contributed by atoms with Crippen molar-refractivity contribution in [2.75, 3.05) is 0 Å². The molecule has 2 aromatic rings. The van der Waals surface area contributed by atoms with Crippen molar-refractivity contribution in [2.45, 2.75) is 16.0 Å². The molecule has 14 heavy (non-hydrogen) atoms. The summed E-state index contributed by atoms with van der Waals surface area (Å²) in [6.45, 7) is -0.00498. The zero-order chi connectivity index (χ0) is 9.80. The molecule has 6 heteroatoms. The number of hydrogen-bond donors (Lipinski definition) is 1. The molecule has 0 amide bonds. The Kier molecular flexibility index (Phi) is 3.07. The van der Waals surface area contributed by atoms with E-state index in [2.05, 4.69) is 15.2 Å². The van der Waals surface area contributed by atoms with Gasteiger partial charge in [0, 0.05) is 11.8 Å². The first-order chi connectivity index (χ1) is 6.90. The third-order valence-corrected chi connectivity index (χ3v) is 3.38. The quantitative estimate of drug-likeness (QED) is 0.859. The van der Waals surface area contributed by atoms with Crippen LogP contribution in [0.3, 0.4) is 0 Å². The normalized spacial score (nSPS) is 10.4. The summed E-state index contributed by atoms with van der Waals surface area (Å²) in [5, 5.41) is 17.5. The molecule has 0 aliphatic carbocycles. The number of pyridine rings is 1. The van der Waals surface area contributed by atoms with Gasteiger partial charge in [0.1, 0.15) is 10.5 Å². The van der Waals surface area contributed by atoms with Crippen LogP contribution in [0, 0.1) is 0 Å². The van der Waals surface area contributed by atoms with Crippen molar-refractivity contribution in [3.05, 3.63) is 29.4 Å². The van der Waals surface area contributed by atoms with E-state index in [1.807, 2.05) is 6.07 Å². The van der Waals surface area contributed by atoms with Gasteiger partial charge in [-0.3, -0.25) is 0 Å². The second-order valence-corrected chi connectivity index (χ2v) is 4.50. The molecular weight excluding hydrogens is 218 g/mol. The lowest BCUT2D eigenvalue weighted by atomic mass is 10.3. The molecule has 0 fully saturated rings. The Bertz CT molecular complexity index is 405. The van der Waals surface area contributed by atoms with Crippen molar-refractivity contribution in [1.29, 1.82) is 0 Å². The first-order valence-corrected chi connectivity index (χ1v) is 5.58. The van der Waals surface area contributed by atoms with Crippen molar-refractivity contribution in [1.82, 2.24) is 15.2 Å². The molecule has 0 aliphatic heterocycles. The standard InChI is InChI=1S/C8H7N3OS2/c12-4-6-2-1-3-9-7(6)14-8-11-10-5-13-8/h1-3,5,12H,4H2. The Labute approximate surface area is 89.0 Å². The van der Waals surface area contributed by atoms with Crippen molar-refractivity contribution in [3.63, 3.8) is 0 Å². The van der Waals surface area contributed by atoms with E-state index >= 15 is 0 Å². The third kappa shape index (κ3) is 2.09. The van der Waals surface area contributed by atoms with E-state index in [0.717, 1.165) is 14.9 Å². The summed E-state index contributed by atoms with van der Waals surface area (Å²) >= 11 is 2.88. The zero-order valence-electron chi connectivity index (χ0n) is 7.12. The van der Waals surface area contributed by atoms with Crippen LogP contribution < -0.4 is 0 Å². The summed E-state index contributed by atoms with van der Waals surface area (Å²) < 4.78 is 0.832. The molecule has 0 spiro atoms. The summed E-state index contributed by atoms with van der Waals surface area (Å²) in [6.07, 6.45) is 1.70. The Morgan fingerprint density at radius 3 is 3.14 bits per heavy atom. The summed E-state index contributed by atoms with van der Waals surface area (Å²) in [5.74, 6) is 0. The maximum absolute atomic E-state index is 9.06. The van der Waals surface area contributed by atoms with Gasteiger partial charge in [-0.15, -0.1) is 10.2 Å². The van der Waals surface area contributed by atoms with E-state index in [0.29, 0.717) is 0 Å². The fourth-order valence-corrected chi connectivity index (χ4v) is 2.39. The summed E-state index contributed by atoms with van der Waals surface area (Å²) in [4.78, 5) is 4.17. The van der Waals surface area contributed by atoms with Gasteiger partial charge >= 0.3 is 0 Å². The predicted molar refractivity (Wildman–Crippen MR) is 54.2 cm³/mol. The topological polar surface area (TPSA) is 58.9 Å². The smallest absolute Gasteiger partial charge is 0.180 e. The average Bonchev–Trinajstić information content (AvgIpc) is 2.71. The lowest BCUT2D eigenvalue weighted by Crippen LogP contribution is -1.89. The second-order valence-electron chi connectivity index (χ2n) is 2.43. The molecule has 2 aromatic heterocycles. The van der Waals surface area contributed by atoms with Crippen LogP contribution >= 0.6 is 23.1 Å². The number of hydrogen-bond acceptors (Lipinski definition) is 6. The minimum absolute atomic E-state index is 0.00498. The van der Waals surface area contributed by atoms with Gasteiger partial charge in [0.25, 0.3) is 0 Å². The summed E-state index contributed by atoms with van der Waals surface area (Å²) in [6, 6.07) is 3.64. The number of aliphatic hydroxyl groups excluding tert-OH is 1. The van der Waals surface area contributed by atoms with Crippen molar-refractivity contribution in [2.24, 2.45) is 0 Å². The van der Waals surface area contributed by atoms with E-state index in [4.69, 9.17) is 5.11 Å². The highest BCUT2D eigenvalue weighted by Crippen LogP contribution is 2.29. The van der Waals surface area contributed by atoms with E-state index < -0.39 is 0 Å². The monoisotopic (exact) mass is 225 g/mol. The fourth-order valence-electron chi connectivity index (χ4n) is 0.926. The molecule has 0 aliphatic rings. The molecule has 0 unspecified atom stereocenters. The van der Waals surface area contributed by atoms with E-state index in [-0.39, 0.29) is 6.61 Å². The molecular formula is C8H7N3OS2. The van der Waals surface area contributed by atoms with Crippen LogP contribution in [0.1, 0.15) is 5.56 Å². The van der Waals surface area contributed by atoms with Gasteiger partial charge in [-0.05, 0) is 17.8 Å². The Morgan fingerprint density at radius 2 is 2.43 bits per heavy atom. The first-order valence-electron chi connectivity index (χ1n) is 3.89. The van der Waals surface area contributed by atoms with Crippen LogP contribution in [-0.4, -0.2) is 20.3 Å². The molecule has 0 saturated heterocycles. The van der Waals surface area contributed by atoms with Crippen molar-refractivity contribution >= 4 is 23.1 Å². The maximum atomic E-state index is 9.06. The van der Waals surface area contributed by atoms with Gasteiger partial charge in [0.05, 0.1) is 6.61 Å². The summed E-state index contributed by atoms with van der Waals surface area (Å²) in [5.41, 5.74) is 2.48. The highest BCUT2D eigenvalue weighted by Gasteiger charge is 2.06. The molecule has 0 bridgehead atoms. The molecule has 0 radical (unpaired) electrons. The van der Waals surface area contributed by atoms with Gasteiger partial charge in [-0.2, -0.15) is 0 Å². The Morgan fingerprint density at radius 1 is 1.50 bits per heavy atom. The number of rotatable bonds is 3. The number of aromatic nitrogens is 3. The predicted octanol–water partition coefficient (Wildman–Crippen LogP) is 1.58. The molecule has 2 heterocycles. The average molecular weight is 225 g/mol. The second kappa shape index (κ2) is 4.50. The fraction of sp³-hybridized carbons (Fsp3) is 0.125.